The van der Waals surface area contributed by atoms with Crippen LogP contribution in [0, 0.1) is 3.57 Å². The summed E-state index contributed by atoms with van der Waals surface area (Å²) in [6, 6.07) is 20.7. The first-order valence-corrected chi connectivity index (χ1v) is 11.3. The Balaban J connectivity index is 1.60. The van der Waals surface area contributed by atoms with Crippen LogP contribution < -0.4 is 14.5 Å². The van der Waals surface area contributed by atoms with Crippen molar-refractivity contribution in [2.45, 2.75) is 13.5 Å². The number of hydrazone groups is 1. The van der Waals surface area contributed by atoms with E-state index in [-0.39, 0.29) is 5.91 Å². The molecule has 0 saturated heterocycles. The van der Waals surface area contributed by atoms with Gasteiger partial charge in [-0.3, -0.25) is 4.79 Å². The first kappa shape index (κ1) is 22.4. The third-order valence-electron chi connectivity index (χ3n) is 4.96. The van der Waals surface area contributed by atoms with E-state index in [1.54, 1.807) is 7.11 Å². The lowest BCUT2D eigenvalue weighted by molar-refractivity contribution is -0.114. The molecule has 4 rings (SSSR count). The summed E-state index contributed by atoms with van der Waals surface area (Å²) in [5.41, 5.74) is 3.64. The van der Waals surface area contributed by atoms with Gasteiger partial charge in [-0.1, -0.05) is 48.0 Å². The molecular formula is C25H20ClIN2O3. The normalized spacial score (nSPS) is 14.6. The molecule has 0 aliphatic carbocycles. The molecule has 3 aromatic rings. The third-order valence-corrected chi connectivity index (χ3v) is 6.13. The van der Waals surface area contributed by atoms with E-state index in [0.717, 1.165) is 20.4 Å². The zero-order valence-corrected chi connectivity index (χ0v) is 20.4. The minimum absolute atomic E-state index is 0.165. The number of hydrogen-bond acceptors (Lipinski definition) is 4. The van der Waals surface area contributed by atoms with Crippen molar-refractivity contribution in [3.63, 3.8) is 0 Å². The van der Waals surface area contributed by atoms with Crippen LogP contribution in [0.3, 0.4) is 0 Å². The largest absolute Gasteiger partial charge is 0.493 e. The summed E-state index contributed by atoms with van der Waals surface area (Å²) in [5, 5.41) is 6.51. The summed E-state index contributed by atoms with van der Waals surface area (Å²) in [6.07, 6.45) is 1.83. The molecule has 0 fully saturated rings. The van der Waals surface area contributed by atoms with Crippen molar-refractivity contribution in [1.82, 2.24) is 0 Å². The number of halogens is 2. The molecular weight excluding hydrogens is 539 g/mol. The number of benzene rings is 3. The number of anilines is 1. The molecule has 1 aliphatic heterocycles. The number of methoxy groups -OCH3 is 1. The van der Waals surface area contributed by atoms with Crippen molar-refractivity contribution in [2.24, 2.45) is 5.10 Å². The van der Waals surface area contributed by atoms with Crippen molar-refractivity contribution < 1.29 is 14.3 Å². The van der Waals surface area contributed by atoms with Crippen LogP contribution in [0.1, 0.15) is 18.1 Å². The lowest BCUT2D eigenvalue weighted by Crippen LogP contribution is -2.21. The first-order valence-electron chi connectivity index (χ1n) is 9.88. The summed E-state index contributed by atoms with van der Waals surface area (Å²) in [6.45, 7) is 2.15. The van der Waals surface area contributed by atoms with Gasteiger partial charge < -0.3 is 9.47 Å². The molecule has 0 aromatic heterocycles. The monoisotopic (exact) mass is 558 g/mol. The van der Waals surface area contributed by atoms with Gasteiger partial charge in [0.25, 0.3) is 5.91 Å². The van der Waals surface area contributed by atoms with E-state index < -0.39 is 0 Å². The Morgan fingerprint density at radius 1 is 1.09 bits per heavy atom. The quantitative estimate of drug-likeness (QED) is 0.262. The lowest BCUT2D eigenvalue weighted by atomic mass is 10.1. The number of hydrogen-bond donors (Lipinski definition) is 0. The Labute approximate surface area is 205 Å². The van der Waals surface area contributed by atoms with E-state index in [1.165, 1.54) is 5.01 Å². The Hall–Kier alpha value is -2.84. The van der Waals surface area contributed by atoms with Crippen LogP contribution in [0.15, 0.2) is 77.4 Å². The number of nitrogens with zero attached hydrogens (tertiary/aromatic N) is 2. The smallest absolute Gasteiger partial charge is 0.280 e. The molecule has 0 bridgehead atoms. The maximum atomic E-state index is 13.0. The summed E-state index contributed by atoms with van der Waals surface area (Å²) in [7, 11) is 1.59. The number of amides is 1. The van der Waals surface area contributed by atoms with Crippen molar-refractivity contribution in [3.8, 4) is 11.5 Å². The topological polar surface area (TPSA) is 51.1 Å². The molecule has 1 aliphatic rings. The Bertz CT molecular complexity index is 1230. The Kier molecular flexibility index (Phi) is 6.81. The van der Waals surface area contributed by atoms with Crippen molar-refractivity contribution in [2.75, 3.05) is 12.1 Å². The number of ether oxygens (including phenoxy) is 2. The highest BCUT2D eigenvalue weighted by atomic mass is 127. The van der Waals surface area contributed by atoms with Gasteiger partial charge in [0.2, 0.25) is 0 Å². The Morgan fingerprint density at radius 3 is 2.53 bits per heavy atom. The van der Waals surface area contributed by atoms with Gasteiger partial charge in [0.05, 0.1) is 27.7 Å². The minimum atomic E-state index is -0.165. The molecule has 1 amide bonds. The lowest BCUT2D eigenvalue weighted by Gasteiger charge is -2.14. The molecule has 0 radical (unpaired) electrons. The van der Waals surface area contributed by atoms with E-state index in [4.69, 9.17) is 21.1 Å². The van der Waals surface area contributed by atoms with Gasteiger partial charge in [-0.2, -0.15) is 10.1 Å². The number of carbonyl (C=O) groups is 1. The summed E-state index contributed by atoms with van der Waals surface area (Å²) in [5.74, 6) is 1.04. The average molecular weight is 559 g/mol. The van der Waals surface area contributed by atoms with Gasteiger partial charge >= 0.3 is 0 Å². The second-order valence-electron chi connectivity index (χ2n) is 7.11. The van der Waals surface area contributed by atoms with E-state index >= 15 is 0 Å². The van der Waals surface area contributed by atoms with E-state index in [1.807, 2.05) is 79.7 Å². The maximum Gasteiger partial charge on any atom is 0.280 e. The van der Waals surface area contributed by atoms with Gasteiger partial charge in [0.15, 0.2) is 11.5 Å². The minimum Gasteiger partial charge on any atom is -0.493 e. The Morgan fingerprint density at radius 2 is 1.81 bits per heavy atom. The molecule has 162 valence electrons. The fraction of sp³-hybridized carbons (Fsp3) is 0.120. The van der Waals surface area contributed by atoms with Crippen LogP contribution in [0.25, 0.3) is 6.08 Å². The molecule has 1 heterocycles. The molecule has 0 spiro atoms. The van der Waals surface area contributed by atoms with E-state index in [9.17, 15) is 4.79 Å². The van der Waals surface area contributed by atoms with Crippen LogP contribution in [0.5, 0.6) is 11.5 Å². The predicted molar refractivity (Wildman–Crippen MR) is 137 cm³/mol. The van der Waals surface area contributed by atoms with Gasteiger partial charge in [0.1, 0.15) is 6.61 Å². The fourth-order valence-corrected chi connectivity index (χ4v) is 4.30. The van der Waals surface area contributed by atoms with Crippen molar-refractivity contribution >= 4 is 57.6 Å². The highest BCUT2D eigenvalue weighted by Crippen LogP contribution is 2.36. The number of rotatable bonds is 6. The van der Waals surface area contributed by atoms with Gasteiger partial charge in [-0.25, -0.2) is 0 Å². The van der Waals surface area contributed by atoms with Crippen LogP contribution >= 0.6 is 34.2 Å². The molecule has 0 saturated carbocycles. The standard InChI is InChI=1S/C25H20ClIN2O3/c1-16-20(25(30)29(28-16)19-9-4-3-5-10-19)12-17-13-22(27)24(23(14-17)31-2)32-15-18-8-6-7-11-21(18)26/h3-14H,15H2,1-2H3/b20-12+. The zero-order chi connectivity index (χ0) is 22.7. The summed E-state index contributed by atoms with van der Waals surface area (Å²) < 4.78 is 12.5. The fourth-order valence-electron chi connectivity index (χ4n) is 3.32. The average Bonchev–Trinajstić information content (AvgIpc) is 3.08. The molecule has 3 aromatic carbocycles. The molecule has 0 atom stereocenters. The van der Waals surface area contributed by atoms with Crippen LogP contribution in [-0.4, -0.2) is 18.7 Å². The molecule has 0 N–H and O–H groups in total. The predicted octanol–water partition coefficient (Wildman–Crippen LogP) is 6.34. The van der Waals surface area contributed by atoms with E-state index in [0.29, 0.717) is 34.4 Å². The van der Waals surface area contributed by atoms with Gasteiger partial charge in [0, 0.05) is 10.6 Å². The molecule has 7 heteroatoms. The zero-order valence-electron chi connectivity index (χ0n) is 17.5. The maximum absolute atomic E-state index is 13.0. The third kappa shape index (κ3) is 4.66. The molecule has 0 unspecified atom stereocenters. The van der Waals surface area contributed by atoms with Gasteiger partial charge in [-0.15, -0.1) is 0 Å². The highest BCUT2D eigenvalue weighted by molar-refractivity contribution is 14.1. The van der Waals surface area contributed by atoms with Crippen molar-refractivity contribution in [3.05, 3.63) is 92.0 Å². The number of carbonyl (C=O) groups excluding carboxylic acids is 1. The van der Waals surface area contributed by atoms with Crippen molar-refractivity contribution in [1.29, 1.82) is 0 Å². The second-order valence-corrected chi connectivity index (χ2v) is 8.68. The number of para-hydroxylation sites is 1. The van der Waals surface area contributed by atoms with Crippen LogP contribution in [-0.2, 0) is 11.4 Å². The SMILES string of the molecule is COc1cc(/C=C2/C(=O)N(c3ccccc3)N=C2C)cc(I)c1OCc1ccccc1Cl. The second kappa shape index (κ2) is 9.75. The molecule has 5 nitrogen and oxygen atoms in total. The summed E-state index contributed by atoms with van der Waals surface area (Å²) >= 11 is 8.44. The summed E-state index contributed by atoms with van der Waals surface area (Å²) in [4.78, 5) is 13.0. The van der Waals surface area contributed by atoms with E-state index in [2.05, 4.69) is 27.7 Å². The first-order chi connectivity index (χ1) is 15.5. The van der Waals surface area contributed by atoms with Gasteiger partial charge in [-0.05, 0) is 71.5 Å². The highest BCUT2D eigenvalue weighted by Gasteiger charge is 2.28. The van der Waals surface area contributed by atoms with Crippen LogP contribution in [0.2, 0.25) is 5.02 Å². The molecule has 32 heavy (non-hydrogen) atoms. The van der Waals surface area contributed by atoms with Crippen LogP contribution in [0.4, 0.5) is 5.69 Å².